The Morgan fingerprint density at radius 2 is 1.71 bits per heavy atom. The molecule has 1 aromatic rings. The van der Waals surface area contributed by atoms with E-state index in [1.807, 2.05) is 14.0 Å². The zero-order valence-electron chi connectivity index (χ0n) is 21.6. The summed E-state index contributed by atoms with van der Waals surface area (Å²) in [5.41, 5.74) is 0.750. The van der Waals surface area contributed by atoms with Gasteiger partial charge in [0.1, 0.15) is 11.9 Å². The molecule has 8 heteroatoms. The largest absolute Gasteiger partial charge is 0.344 e. The molecule has 1 saturated carbocycles. The van der Waals surface area contributed by atoms with Crippen molar-refractivity contribution in [3.05, 3.63) is 29.6 Å². The summed E-state index contributed by atoms with van der Waals surface area (Å²) in [6.45, 7) is 8.55. The predicted molar refractivity (Wildman–Crippen MR) is 135 cm³/mol. The molecule has 1 aliphatic carbocycles. The summed E-state index contributed by atoms with van der Waals surface area (Å²) in [6.07, 6.45) is 5.04. The molecule has 2 aliphatic rings. The smallest absolute Gasteiger partial charge is 0.245 e. The van der Waals surface area contributed by atoms with E-state index in [0.29, 0.717) is 31.0 Å². The highest BCUT2D eigenvalue weighted by atomic mass is 19.1. The molecule has 2 atom stereocenters. The molecule has 1 aliphatic heterocycles. The van der Waals surface area contributed by atoms with Crippen LogP contribution in [0.5, 0.6) is 0 Å². The summed E-state index contributed by atoms with van der Waals surface area (Å²) in [6, 6.07) is 3.87. The molecule has 0 aromatic heterocycles. The van der Waals surface area contributed by atoms with Gasteiger partial charge in [0, 0.05) is 44.9 Å². The quantitative estimate of drug-likeness (QED) is 0.584. The van der Waals surface area contributed by atoms with Gasteiger partial charge >= 0.3 is 0 Å². The number of amides is 3. The van der Waals surface area contributed by atoms with E-state index in [0.717, 1.165) is 44.7 Å². The average molecular weight is 489 g/mol. The first-order chi connectivity index (χ1) is 16.7. The van der Waals surface area contributed by atoms with Gasteiger partial charge in [0.25, 0.3) is 0 Å². The molecule has 0 spiro atoms. The van der Waals surface area contributed by atoms with Gasteiger partial charge in [-0.1, -0.05) is 39.7 Å². The lowest BCUT2D eigenvalue weighted by Crippen LogP contribution is -2.55. The third-order valence-electron chi connectivity index (χ3n) is 7.62. The summed E-state index contributed by atoms with van der Waals surface area (Å²) in [5.74, 6) is -0.415. The molecule has 3 rings (SSSR count). The Kier molecular flexibility index (Phi) is 9.66. The third-order valence-corrected chi connectivity index (χ3v) is 7.62. The Morgan fingerprint density at radius 3 is 2.31 bits per heavy atom. The zero-order chi connectivity index (χ0) is 25.5. The van der Waals surface area contributed by atoms with Crippen LogP contribution in [0.25, 0.3) is 0 Å². The van der Waals surface area contributed by atoms with Crippen molar-refractivity contribution in [3.63, 3.8) is 0 Å². The summed E-state index contributed by atoms with van der Waals surface area (Å²) in [4.78, 5) is 42.0. The van der Waals surface area contributed by atoms with Gasteiger partial charge in [0.05, 0.1) is 5.69 Å². The maximum Gasteiger partial charge on any atom is 0.245 e. The topological polar surface area (TPSA) is 81.8 Å². The molecule has 2 fully saturated rings. The van der Waals surface area contributed by atoms with Crippen LogP contribution in [0.2, 0.25) is 0 Å². The van der Waals surface area contributed by atoms with E-state index in [1.165, 1.54) is 6.07 Å². The number of piperazine rings is 1. The first-order valence-corrected chi connectivity index (χ1v) is 13.0. The molecule has 1 aromatic carbocycles. The van der Waals surface area contributed by atoms with Gasteiger partial charge in [-0.25, -0.2) is 4.39 Å². The highest BCUT2D eigenvalue weighted by Crippen LogP contribution is 2.31. The molecule has 7 nitrogen and oxygen atoms in total. The van der Waals surface area contributed by atoms with E-state index >= 15 is 0 Å². The fourth-order valence-corrected chi connectivity index (χ4v) is 5.00. The van der Waals surface area contributed by atoms with Crippen LogP contribution >= 0.6 is 0 Å². The van der Waals surface area contributed by atoms with Crippen LogP contribution in [0.4, 0.5) is 10.1 Å². The Balaban J connectivity index is 1.67. The van der Waals surface area contributed by atoms with E-state index in [4.69, 9.17) is 0 Å². The number of nitrogens with one attached hydrogen (secondary N) is 2. The van der Waals surface area contributed by atoms with Gasteiger partial charge in [0.15, 0.2) is 0 Å². The van der Waals surface area contributed by atoms with Gasteiger partial charge in [-0.2, -0.15) is 0 Å². The van der Waals surface area contributed by atoms with Crippen molar-refractivity contribution in [2.75, 3.05) is 38.5 Å². The summed E-state index contributed by atoms with van der Waals surface area (Å²) < 4.78 is 15.0. The van der Waals surface area contributed by atoms with Crippen molar-refractivity contribution in [1.29, 1.82) is 0 Å². The van der Waals surface area contributed by atoms with Crippen LogP contribution in [-0.4, -0.2) is 66.8 Å². The molecular formula is C27H41FN4O3. The molecule has 1 saturated heterocycles. The summed E-state index contributed by atoms with van der Waals surface area (Å²) >= 11 is 0. The van der Waals surface area contributed by atoms with Gasteiger partial charge in [-0.3, -0.25) is 14.4 Å². The molecule has 0 bridgehead atoms. The molecule has 0 unspecified atom stereocenters. The minimum absolute atomic E-state index is 0.146. The number of rotatable bonds is 8. The average Bonchev–Trinajstić information content (AvgIpc) is 2.84. The fourth-order valence-electron chi connectivity index (χ4n) is 5.00. The van der Waals surface area contributed by atoms with E-state index < -0.39 is 17.8 Å². The second-order valence-corrected chi connectivity index (χ2v) is 10.4. The lowest BCUT2D eigenvalue weighted by molar-refractivity contribution is -0.138. The number of nitrogens with zero attached hydrogens (tertiary/aromatic N) is 2. The van der Waals surface area contributed by atoms with Crippen molar-refractivity contribution >= 4 is 23.4 Å². The number of carbonyl (C=O) groups excluding carboxylic acids is 3. The third kappa shape index (κ3) is 7.50. The minimum Gasteiger partial charge on any atom is -0.344 e. The molecule has 3 amide bonds. The first kappa shape index (κ1) is 27.1. The van der Waals surface area contributed by atoms with Crippen molar-refractivity contribution in [1.82, 2.24) is 15.1 Å². The summed E-state index contributed by atoms with van der Waals surface area (Å²) in [7, 11) is 2.01. The van der Waals surface area contributed by atoms with E-state index in [2.05, 4.69) is 22.5 Å². The fraction of sp³-hybridized carbons (Fsp3) is 0.667. The van der Waals surface area contributed by atoms with Crippen molar-refractivity contribution in [2.24, 2.45) is 11.8 Å². The van der Waals surface area contributed by atoms with E-state index in [1.54, 1.807) is 24.0 Å². The van der Waals surface area contributed by atoms with Crippen LogP contribution in [0, 0.1) is 17.7 Å². The standard InChI is InChI=1S/C27H41FN4O3/c1-5-24(33)30-26(27(35)32-14-12-31(4)13-15-32)19(3)21-10-11-23(22(28)17-21)29-25(34)16-20-8-6-18(2)7-9-20/h10-11,17-20,26H,5-9,12-16H2,1-4H3,(H,29,34)(H,30,33)/t18-,19-,20-,26+/m0/s1. The van der Waals surface area contributed by atoms with Crippen LogP contribution in [0.3, 0.4) is 0 Å². The lowest BCUT2D eigenvalue weighted by atomic mass is 9.81. The summed E-state index contributed by atoms with van der Waals surface area (Å²) in [5, 5.41) is 5.57. The van der Waals surface area contributed by atoms with Gasteiger partial charge in [0.2, 0.25) is 17.7 Å². The SMILES string of the molecule is CCC(=O)N[C@@H](C(=O)N1CCN(C)CC1)[C@@H](C)c1ccc(NC(=O)C[C@H]2CC[C@H](C)CC2)c(F)c1. The maximum absolute atomic E-state index is 15.0. The number of carbonyl (C=O) groups is 3. The number of benzene rings is 1. The van der Waals surface area contributed by atoms with Gasteiger partial charge in [-0.05, 0) is 49.4 Å². The minimum atomic E-state index is -0.778. The predicted octanol–water partition coefficient (Wildman–Crippen LogP) is 3.75. The Bertz CT molecular complexity index is 892. The highest BCUT2D eigenvalue weighted by Gasteiger charge is 2.33. The van der Waals surface area contributed by atoms with E-state index in [9.17, 15) is 18.8 Å². The number of hydrogen-bond donors (Lipinski definition) is 2. The van der Waals surface area contributed by atoms with Crippen LogP contribution < -0.4 is 10.6 Å². The lowest BCUT2D eigenvalue weighted by Gasteiger charge is -2.36. The highest BCUT2D eigenvalue weighted by molar-refractivity contribution is 5.91. The number of hydrogen-bond acceptors (Lipinski definition) is 4. The van der Waals surface area contributed by atoms with Gasteiger partial charge < -0.3 is 20.4 Å². The first-order valence-electron chi connectivity index (χ1n) is 13.0. The Labute approximate surface area is 208 Å². The Morgan fingerprint density at radius 1 is 1.06 bits per heavy atom. The number of halogens is 1. The Hall–Kier alpha value is -2.48. The molecular weight excluding hydrogens is 447 g/mol. The van der Waals surface area contributed by atoms with Crippen LogP contribution in [0.1, 0.15) is 70.8 Å². The van der Waals surface area contributed by atoms with E-state index in [-0.39, 0.29) is 29.8 Å². The van der Waals surface area contributed by atoms with Crippen LogP contribution in [0.15, 0.2) is 18.2 Å². The second-order valence-electron chi connectivity index (χ2n) is 10.4. The molecule has 35 heavy (non-hydrogen) atoms. The van der Waals surface area contributed by atoms with Crippen molar-refractivity contribution in [2.45, 2.75) is 71.3 Å². The van der Waals surface area contributed by atoms with Crippen LogP contribution in [-0.2, 0) is 14.4 Å². The molecule has 194 valence electrons. The zero-order valence-corrected chi connectivity index (χ0v) is 21.6. The number of anilines is 1. The maximum atomic E-state index is 15.0. The van der Waals surface area contributed by atoms with Crippen molar-refractivity contribution in [3.8, 4) is 0 Å². The molecule has 0 radical (unpaired) electrons. The van der Waals surface area contributed by atoms with Gasteiger partial charge in [-0.15, -0.1) is 0 Å². The van der Waals surface area contributed by atoms with Crippen molar-refractivity contribution < 1.29 is 18.8 Å². The normalized spacial score (nSPS) is 22.8. The monoisotopic (exact) mass is 488 g/mol. The second kappa shape index (κ2) is 12.5. The number of likely N-dealkylation sites (N-methyl/N-ethyl adjacent to an activating group) is 1. The molecule has 2 N–H and O–H groups in total. The molecule has 1 heterocycles.